The average molecular weight is 168 g/mol. The second kappa shape index (κ2) is 2.94. The molecule has 1 N–H and O–H groups in total. The van der Waals surface area contributed by atoms with Gasteiger partial charge in [0.2, 0.25) is 0 Å². The molecule has 0 saturated carbocycles. The summed E-state index contributed by atoms with van der Waals surface area (Å²) in [5.74, 6) is 1.15. The van der Waals surface area contributed by atoms with Gasteiger partial charge < -0.3 is 15.1 Å². The summed E-state index contributed by atoms with van der Waals surface area (Å²) in [7, 11) is 4.24. The van der Waals surface area contributed by atoms with Crippen LogP contribution in [0, 0.1) is 0 Å². The van der Waals surface area contributed by atoms with Crippen LogP contribution in [0.2, 0.25) is 0 Å². The first kappa shape index (κ1) is 7.86. The standard InChI is InChI=1S/C8H16N4/c1-11-4-3-10-8(11)12(2)7-5-9-6-7/h7,9H,3-6H2,1-2H3. The van der Waals surface area contributed by atoms with Crippen molar-refractivity contribution in [3.63, 3.8) is 0 Å². The maximum atomic E-state index is 4.46. The minimum atomic E-state index is 0.657. The minimum Gasteiger partial charge on any atom is -0.344 e. The van der Waals surface area contributed by atoms with Crippen LogP contribution in [0.25, 0.3) is 0 Å². The Labute approximate surface area is 73.2 Å². The fraction of sp³-hybridized carbons (Fsp3) is 0.875. The zero-order chi connectivity index (χ0) is 8.55. The summed E-state index contributed by atoms with van der Waals surface area (Å²) in [6, 6.07) is 0.657. The molecule has 4 heteroatoms. The van der Waals surface area contributed by atoms with Gasteiger partial charge in [-0.25, -0.2) is 0 Å². The zero-order valence-corrected chi connectivity index (χ0v) is 7.75. The molecule has 0 aromatic rings. The largest absolute Gasteiger partial charge is 0.344 e. The summed E-state index contributed by atoms with van der Waals surface area (Å²) in [6.45, 7) is 4.23. The number of aliphatic imine (C=N–C) groups is 1. The van der Waals surface area contributed by atoms with E-state index in [1.165, 1.54) is 0 Å². The Balaban J connectivity index is 1.98. The smallest absolute Gasteiger partial charge is 0.196 e. The van der Waals surface area contributed by atoms with E-state index in [2.05, 4.69) is 34.2 Å². The summed E-state index contributed by atoms with van der Waals surface area (Å²) in [5.41, 5.74) is 0. The summed E-state index contributed by atoms with van der Waals surface area (Å²) in [5, 5.41) is 3.27. The highest BCUT2D eigenvalue weighted by Gasteiger charge is 2.27. The van der Waals surface area contributed by atoms with Gasteiger partial charge in [0, 0.05) is 33.7 Å². The van der Waals surface area contributed by atoms with Crippen molar-refractivity contribution in [2.24, 2.45) is 4.99 Å². The third-order valence-corrected chi connectivity index (χ3v) is 2.65. The fourth-order valence-corrected chi connectivity index (χ4v) is 1.61. The first-order valence-electron chi connectivity index (χ1n) is 4.48. The molecule has 2 heterocycles. The second-order valence-corrected chi connectivity index (χ2v) is 3.53. The Morgan fingerprint density at radius 3 is 2.75 bits per heavy atom. The molecule has 0 radical (unpaired) electrons. The zero-order valence-electron chi connectivity index (χ0n) is 7.75. The first-order chi connectivity index (χ1) is 5.79. The summed E-state index contributed by atoms with van der Waals surface area (Å²) >= 11 is 0. The van der Waals surface area contributed by atoms with E-state index < -0.39 is 0 Å². The fourth-order valence-electron chi connectivity index (χ4n) is 1.61. The summed E-state index contributed by atoms with van der Waals surface area (Å²) in [6.07, 6.45) is 0. The van der Waals surface area contributed by atoms with Crippen molar-refractivity contribution in [3.05, 3.63) is 0 Å². The van der Waals surface area contributed by atoms with E-state index >= 15 is 0 Å². The number of nitrogens with one attached hydrogen (secondary N) is 1. The molecule has 1 saturated heterocycles. The normalized spacial score (nSPS) is 23.8. The molecule has 2 rings (SSSR count). The van der Waals surface area contributed by atoms with Gasteiger partial charge in [0.25, 0.3) is 0 Å². The monoisotopic (exact) mass is 168 g/mol. The molecule has 0 bridgehead atoms. The van der Waals surface area contributed by atoms with E-state index in [9.17, 15) is 0 Å². The van der Waals surface area contributed by atoms with Gasteiger partial charge in [-0.15, -0.1) is 0 Å². The lowest BCUT2D eigenvalue weighted by Crippen LogP contribution is -2.59. The number of hydrogen-bond acceptors (Lipinski definition) is 4. The third kappa shape index (κ3) is 1.16. The summed E-state index contributed by atoms with van der Waals surface area (Å²) in [4.78, 5) is 8.96. The Morgan fingerprint density at radius 1 is 1.58 bits per heavy atom. The lowest BCUT2D eigenvalue weighted by atomic mass is 10.1. The van der Waals surface area contributed by atoms with Gasteiger partial charge in [-0.2, -0.15) is 0 Å². The molecule has 2 aliphatic rings. The van der Waals surface area contributed by atoms with E-state index in [1.807, 2.05) is 0 Å². The molecule has 68 valence electrons. The van der Waals surface area contributed by atoms with Crippen molar-refractivity contribution in [3.8, 4) is 0 Å². The quantitative estimate of drug-likeness (QED) is 0.555. The van der Waals surface area contributed by atoms with Gasteiger partial charge in [0.1, 0.15) is 0 Å². The van der Waals surface area contributed by atoms with Crippen molar-refractivity contribution in [1.82, 2.24) is 15.1 Å². The van der Waals surface area contributed by atoms with Crippen LogP contribution in [0.15, 0.2) is 4.99 Å². The van der Waals surface area contributed by atoms with Crippen LogP contribution in [0.3, 0.4) is 0 Å². The van der Waals surface area contributed by atoms with Gasteiger partial charge >= 0.3 is 0 Å². The Kier molecular flexibility index (Phi) is 1.92. The average Bonchev–Trinajstić information content (AvgIpc) is 2.31. The van der Waals surface area contributed by atoms with E-state index in [0.717, 1.165) is 32.1 Å². The van der Waals surface area contributed by atoms with E-state index in [-0.39, 0.29) is 0 Å². The molecule has 0 atom stereocenters. The maximum absolute atomic E-state index is 4.46. The van der Waals surface area contributed by atoms with E-state index in [0.29, 0.717) is 6.04 Å². The molecule has 2 aliphatic heterocycles. The molecular weight excluding hydrogens is 152 g/mol. The first-order valence-corrected chi connectivity index (χ1v) is 4.48. The van der Waals surface area contributed by atoms with Crippen LogP contribution in [0.4, 0.5) is 0 Å². The topological polar surface area (TPSA) is 30.9 Å². The molecule has 1 fully saturated rings. The number of likely N-dealkylation sites (N-methyl/N-ethyl adjacent to an activating group) is 2. The Bertz CT molecular complexity index is 197. The van der Waals surface area contributed by atoms with Gasteiger partial charge in [-0.1, -0.05) is 0 Å². The third-order valence-electron chi connectivity index (χ3n) is 2.65. The second-order valence-electron chi connectivity index (χ2n) is 3.53. The predicted molar refractivity (Wildman–Crippen MR) is 49.4 cm³/mol. The van der Waals surface area contributed by atoms with Gasteiger partial charge in [-0.3, -0.25) is 4.99 Å². The Hall–Kier alpha value is -0.770. The maximum Gasteiger partial charge on any atom is 0.196 e. The van der Waals surface area contributed by atoms with Gasteiger partial charge in [-0.05, 0) is 0 Å². The van der Waals surface area contributed by atoms with Crippen molar-refractivity contribution in [2.75, 3.05) is 40.3 Å². The lowest BCUT2D eigenvalue weighted by molar-refractivity contribution is 0.246. The predicted octanol–water partition coefficient (Wildman–Crippen LogP) is -0.809. The highest BCUT2D eigenvalue weighted by molar-refractivity contribution is 5.81. The number of guanidine groups is 1. The SMILES string of the molecule is CN1CCN=C1N(C)C1CNC1. The van der Waals surface area contributed by atoms with Crippen molar-refractivity contribution < 1.29 is 0 Å². The van der Waals surface area contributed by atoms with Gasteiger partial charge in [0.15, 0.2) is 5.96 Å². The van der Waals surface area contributed by atoms with Crippen LogP contribution in [0.5, 0.6) is 0 Å². The Morgan fingerprint density at radius 2 is 2.33 bits per heavy atom. The molecule has 12 heavy (non-hydrogen) atoms. The number of nitrogens with zero attached hydrogens (tertiary/aromatic N) is 3. The van der Waals surface area contributed by atoms with Crippen LogP contribution < -0.4 is 5.32 Å². The number of hydrogen-bond donors (Lipinski definition) is 1. The van der Waals surface area contributed by atoms with E-state index in [1.54, 1.807) is 0 Å². The number of rotatable bonds is 1. The molecule has 4 nitrogen and oxygen atoms in total. The molecular formula is C8H16N4. The highest BCUT2D eigenvalue weighted by Crippen LogP contribution is 2.08. The highest BCUT2D eigenvalue weighted by atomic mass is 15.4. The van der Waals surface area contributed by atoms with Crippen LogP contribution in [-0.4, -0.2) is 62.1 Å². The summed E-state index contributed by atoms with van der Waals surface area (Å²) < 4.78 is 0. The van der Waals surface area contributed by atoms with Crippen LogP contribution in [-0.2, 0) is 0 Å². The molecule has 0 aliphatic carbocycles. The van der Waals surface area contributed by atoms with Gasteiger partial charge in [0.05, 0.1) is 12.6 Å². The van der Waals surface area contributed by atoms with Crippen molar-refractivity contribution >= 4 is 5.96 Å². The molecule has 0 aromatic heterocycles. The molecule has 0 unspecified atom stereocenters. The minimum absolute atomic E-state index is 0.657. The molecule has 0 spiro atoms. The molecule has 0 amide bonds. The van der Waals surface area contributed by atoms with Crippen LogP contribution in [0.1, 0.15) is 0 Å². The van der Waals surface area contributed by atoms with Crippen molar-refractivity contribution in [1.29, 1.82) is 0 Å². The van der Waals surface area contributed by atoms with Crippen molar-refractivity contribution in [2.45, 2.75) is 6.04 Å². The van der Waals surface area contributed by atoms with E-state index in [4.69, 9.17) is 0 Å². The lowest BCUT2D eigenvalue weighted by Gasteiger charge is -2.38. The molecule has 0 aromatic carbocycles. The van der Waals surface area contributed by atoms with Crippen LogP contribution >= 0.6 is 0 Å².